The third-order valence-corrected chi connectivity index (χ3v) is 2.08. The highest BCUT2D eigenvalue weighted by atomic mass is 19.4. The van der Waals surface area contributed by atoms with Crippen LogP contribution in [-0.2, 0) is 6.18 Å². The summed E-state index contributed by atoms with van der Waals surface area (Å²) in [6.45, 7) is 3.29. The van der Waals surface area contributed by atoms with Crippen molar-refractivity contribution in [3.8, 4) is 0 Å². The van der Waals surface area contributed by atoms with Gasteiger partial charge in [-0.1, -0.05) is 0 Å². The first-order valence-electron chi connectivity index (χ1n) is 4.09. The zero-order valence-electron chi connectivity index (χ0n) is 8.16. The maximum atomic E-state index is 12.3. The molecular weight excluding hydrogens is 193 g/mol. The Kier molecular flexibility index (Phi) is 2.69. The highest BCUT2D eigenvalue weighted by Crippen LogP contribution is 2.31. The quantitative estimate of drug-likeness (QED) is 0.760. The van der Waals surface area contributed by atoms with Crippen molar-refractivity contribution in [2.45, 2.75) is 20.0 Å². The first-order chi connectivity index (χ1) is 6.36. The number of nitrogens with one attached hydrogen (secondary N) is 1. The number of aromatic nitrogens is 1. The maximum Gasteiger partial charge on any atom is 0.433 e. The van der Waals surface area contributed by atoms with E-state index in [-0.39, 0.29) is 0 Å². The van der Waals surface area contributed by atoms with Crippen LogP contribution in [0.4, 0.5) is 18.9 Å². The maximum absolute atomic E-state index is 12.3. The number of rotatable bonds is 1. The van der Waals surface area contributed by atoms with Crippen LogP contribution in [0.1, 0.15) is 17.0 Å². The van der Waals surface area contributed by atoms with Crippen molar-refractivity contribution in [1.29, 1.82) is 0 Å². The molecule has 1 N–H and O–H groups in total. The molecule has 0 aliphatic heterocycles. The Morgan fingerprint density at radius 1 is 1.29 bits per heavy atom. The lowest BCUT2D eigenvalue weighted by atomic mass is 10.1. The molecule has 1 aromatic heterocycles. The van der Waals surface area contributed by atoms with Gasteiger partial charge in [-0.05, 0) is 25.5 Å². The summed E-state index contributed by atoms with van der Waals surface area (Å²) < 4.78 is 37.0. The van der Waals surface area contributed by atoms with Crippen LogP contribution in [0.5, 0.6) is 0 Å². The Labute approximate surface area is 80.2 Å². The lowest BCUT2D eigenvalue weighted by molar-refractivity contribution is -0.141. The fourth-order valence-corrected chi connectivity index (χ4v) is 1.14. The minimum absolute atomic E-state index is 0.393. The molecule has 0 aliphatic rings. The van der Waals surface area contributed by atoms with Gasteiger partial charge in [-0.25, -0.2) is 4.98 Å². The van der Waals surface area contributed by atoms with E-state index in [9.17, 15) is 13.2 Å². The Morgan fingerprint density at radius 3 is 2.29 bits per heavy atom. The summed E-state index contributed by atoms with van der Waals surface area (Å²) in [7, 11) is 1.59. The Balaban J connectivity index is 3.30. The van der Waals surface area contributed by atoms with E-state index in [4.69, 9.17) is 0 Å². The number of anilines is 1. The first kappa shape index (κ1) is 10.8. The predicted molar refractivity (Wildman–Crippen MR) is 48.3 cm³/mol. The van der Waals surface area contributed by atoms with E-state index in [0.29, 0.717) is 11.4 Å². The topological polar surface area (TPSA) is 24.9 Å². The number of hydrogen-bond donors (Lipinski definition) is 1. The Bertz CT molecular complexity index is 345. The zero-order valence-corrected chi connectivity index (χ0v) is 8.16. The van der Waals surface area contributed by atoms with Crippen LogP contribution < -0.4 is 5.32 Å². The molecule has 0 atom stereocenters. The van der Waals surface area contributed by atoms with Gasteiger partial charge in [-0.3, -0.25) is 0 Å². The van der Waals surface area contributed by atoms with E-state index in [1.807, 2.05) is 0 Å². The monoisotopic (exact) mass is 204 g/mol. The molecule has 0 aromatic carbocycles. The van der Waals surface area contributed by atoms with E-state index in [1.165, 1.54) is 0 Å². The van der Waals surface area contributed by atoms with Crippen molar-refractivity contribution in [3.05, 3.63) is 23.0 Å². The first-order valence-corrected chi connectivity index (χ1v) is 4.09. The third kappa shape index (κ3) is 1.97. The fourth-order valence-electron chi connectivity index (χ4n) is 1.14. The van der Waals surface area contributed by atoms with E-state index in [1.54, 1.807) is 20.9 Å². The normalized spacial score (nSPS) is 11.6. The van der Waals surface area contributed by atoms with Crippen LogP contribution in [0, 0.1) is 13.8 Å². The van der Waals surface area contributed by atoms with Crippen molar-refractivity contribution in [3.63, 3.8) is 0 Å². The highest BCUT2D eigenvalue weighted by molar-refractivity contribution is 5.52. The molecule has 78 valence electrons. The summed E-state index contributed by atoms with van der Waals surface area (Å²) in [6, 6.07) is 1.02. The van der Waals surface area contributed by atoms with Gasteiger partial charge in [0.25, 0.3) is 0 Å². The smallest absolute Gasteiger partial charge is 0.388 e. The van der Waals surface area contributed by atoms with Gasteiger partial charge in [0.1, 0.15) is 5.69 Å². The van der Waals surface area contributed by atoms with Gasteiger partial charge in [0.05, 0.1) is 0 Å². The number of halogens is 3. The second-order valence-electron chi connectivity index (χ2n) is 3.01. The summed E-state index contributed by atoms with van der Waals surface area (Å²) in [5, 5.41) is 2.71. The predicted octanol–water partition coefficient (Wildman–Crippen LogP) is 2.76. The molecule has 1 rings (SSSR count). The van der Waals surface area contributed by atoms with Crippen LogP contribution in [0.25, 0.3) is 0 Å². The summed E-state index contributed by atoms with van der Waals surface area (Å²) in [4.78, 5) is 3.49. The molecule has 0 radical (unpaired) electrons. The minimum atomic E-state index is -4.38. The second kappa shape index (κ2) is 3.48. The van der Waals surface area contributed by atoms with Crippen LogP contribution in [0.15, 0.2) is 6.07 Å². The summed E-state index contributed by atoms with van der Waals surface area (Å²) in [5.41, 5.74) is 0.736. The van der Waals surface area contributed by atoms with E-state index >= 15 is 0 Å². The number of aryl methyl sites for hydroxylation is 1. The van der Waals surface area contributed by atoms with Crippen LogP contribution in [0.3, 0.4) is 0 Å². The van der Waals surface area contributed by atoms with Crippen molar-refractivity contribution < 1.29 is 13.2 Å². The minimum Gasteiger partial charge on any atom is -0.388 e. The molecule has 0 unspecified atom stereocenters. The van der Waals surface area contributed by atoms with Gasteiger partial charge >= 0.3 is 6.18 Å². The van der Waals surface area contributed by atoms with Crippen molar-refractivity contribution in [2.24, 2.45) is 0 Å². The van der Waals surface area contributed by atoms with Crippen molar-refractivity contribution in [2.75, 3.05) is 12.4 Å². The second-order valence-corrected chi connectivity index (χ2v) is 3.01. The zero-order chi connectivity index (χ0) is 10.9. The van der Waals surface area contributed by atoms with E-state index in [2.05, 4.69) is 10.3 Å². The van der Waals surface area contributed by atoms with Crippen molar-refractivity contribution in [1.82, 2.24) is 4.98 Å². The molecule has 0 aliphatic carbocycles. The molecule has 0 amide bonds. The molecule has 2 nitrogen and oxygen atoms in total. The molecule has 14 heavy (non-hydrogen) atoms. The van der Waals surface area contributed by atoms with Gasteiger partial charge < -0.3 is 5.32 Å². The SMILES string of the molecule is CNc1cc(C(F)(F)F)nc(C)c1C. The molecule has 0 spiro atoms. The average Bonchev–Trinajstić information content (AvgIpc) is 2.07. The molecular formula is C9H11F3N2. The fraction of sp³-hybridized carbons (Fsp3) is 0.444. The van der Waals surface area contributed by atoms with Crippen molar-refractivity contribution >= 4 is 5.69 Å². The molecule has 1 aromatic rings. The molecule has 0 fully saturated rings. The van der Waals surface area contributed by atoms with Crippen LogP contribution in [-0.4, -0.2) is 12.0 Å². The van der Waals surface area contributed by atoms with Gasteiger partial charge in [0.15, 0.2) is 0 Å². The van der Waals surface area contributed by atoms with Gasteiger partial charge in [-0.2, -0.15) is 13.2 Å². The number of hydrogen-bond acceptors (Lipinski definition) is 2. The summed E-state index contributed by atoms with van der Waals surface area (Å²) in [6.07, 6.45) is -4.38. The van der Waals surface area contributed by atoms with E-state index in [0.717, 1.165) is 11.6 Å². The van der Waals surface area contributed by atoms with Crippen LogP contribution in [0.2, 0.25) is 0 Å². The van der Waals surface area contributed by atoms with Gasteiger partial charge in [-0.15, -0.1) is 0 Å². The summed E-state index contributed by atoms with van der Waals surface area (Å²) in [5.74, 6) is 0. The van der Waals surface area contributed by atoms with Gasteiger partial charge in [0, 0.05) is 18.4 Å². The highest BCUT2D eigenvalue weighted by Gasteiger charge is 2.33. The average molecular weight is 204 g/mol. The van der Waals surface area contributed by atoms with Crippen LogP contribution >= 0.6 is 0 Å². The molecule has 1 heterocycles. The molecule has 0 saturated carbocycles. The number of nitrogens with zero attached hydrogens (tertiary/aromatic N) is 1. The summed E-state index contributed by atoms with van der Waals surface area (Å²) >= 11 is 0. The van der Waals surface area contributed by atoms with Gasteiger partial charge in [0.2, 0.25) is 0 Å². The number of alkyl halides is 3. The molecule has 0 bridgehead atoms. The van der Waals surface area contributed by atoms with E-state index < -0.39 is 11.9 Å². The lowest BCUT2D eigenvalue weighted by Gasteiger charge is -2.12. The Hall–Kier alpha value is -1.26. The standard InChI is InChI=1S/C9H11F3N2/c1-5-6(2)14-8(9(10,11)12)4-7(5)13-3/h4H,1-3H3,(H,13,14). The number of pyridine rings is 1. The largest absolute Gasteiger partial charge is 0.433 e. The lowest BCUT2D eigenvalue weighted by Crippen LogP contribution is -2.10. The molecule has 0 saturated heterocycles. The molecule has 5 heteroatoms. The Morgan fingerprint density at radius 2 is 1.86 bits per heavy atom. The third-order valence-electron chi connectivity index (χ3n) is 2.08.